The topological polar surface area (TPSA) is 26.0 Å². The SMILES string of the molecule is CSC(Nc1ccc(F)c(Cl)c1)=[NH+]c1ccccc1. The molecule has 0 fully saturated rings. The summed E-state index contributed by atoms with van der Waals surface area (Å²) in [6, 6.07) is 14.3. The number of rotatable bonds is 2. The summed E-state index contributed by atoms with van der Waals surface area (Å²) in [6.45, 7) is 0. The third kappa shape index (κ3) is 3.98. The van der Waals surface area contributed by atoms with Gasteiger partial charge in [-0.3, -0.25) is 0 Å². The second-order valence-corrected chi connectivity index (χ2v) is 5.00. The van der Waals surface area contributed by atoms with E-state index in [1.165, 1.54) is 17.8 Å². The van der Waals surface area contributed by atoms with E-state index in [2.05, 4.69) is 10.3 Å². The molecule has 0 aliphatic carbocycles. The minimum atomic E-state index is -0.422. The maximum absolute atomic E-state index is 13.1. The number of halogens is 2. The Bertz CT molecular complexity index is 587. The molecule has 0 saturated heterocycles. The van der Waals surface area contributed by atoms with E-state index >= 15 is 0 Å². The fraction of sp³-hybridized carbons (Fsp3) is 0.0714. The Morgan fingerprint density at radius 2 is 1.95 bits per heavy atom. The van der Waals surface area contributed by atoms with Crippen LogP contribution >= 0.6 is 23.4 Å². The van der Waals surface area contributed by atoms with Gasteiger partial charge in [0, 0.05) is 6.07 Å². The van der Waals surface area contributed by atoms with Crippen LogP contribution in [0.15, 0.2) is 48.5 Å². The van der Waals surface area contributed by atoms with Gasteiger partial charge in [-0.05, 0) is 42.3 Å². The van der Waals surface area contributed by atoms with Gasteiger partial charge in [-0.1, -0.05) is 29.8 Å². The van der Waals surface area contributed by atoms with Gasteiger partial charge in [-0.2, -0.15) is 0 Å². The molecule has 0 radical (unpaired) electrons. The van der Waals surface area contributed by atoms with Crippen molar-refractivity contribution >= 4 is 39.9 Å². The highest BCUT2D eigenvalue weighted by atomic mass is 35.5. The molecule has 98 valence electrons. The molecule has 0 heterocycles. The number of thioether (sulfide) groups is 1. The second kappa shape index (κ2) is 6.59. The lowest BCUT2D eigenvalue weighted by Crippen LogP contribution is -2.67. The Balaban J connectivity index is 2.19. The summed E-state index contributed by atoms with van der Waals surface area (Å²) in [5.41, 5.74) is 1.71. The van der Waals surface area contributed by atoms with E-state index < -0.39 is 5.82 Å². The van der Waals surface area contributed by atoms with E-state index in [0.29, 0.717) is 0 Å². The van der Waals surface area contributed by atoms with Crippen molar-refractivity contribution in [2.24, 2.45) is 0 Å². The molecule has 2 aromatic carbocycles. The van der Waals surface area contributed by atoms with Crippen LogP contribution in [0.4, 0.5) is 15.8 Å². The summed E-state index contributed by atoms with van der Waals surface area (Å²) in [4.78, 5) is 3.24. The molecule has 0 unspecified atom stereocenters. The van der Waals surface area contributed by atoms with E-state index in [1.54, 1.807) is 12.1 Å². The van der Waals surface area contributed by atoms with Crippen LogP contribution < -0.4 is 10.3 Å². The number of hydrogen-bond donors (Lipinski definition) is 2. The van der Waals surface area contributed by atoms with Crippen molar-refractivity contribution in [1.82, 2.24) is 0 Å². The zero-order valence-corrected chi connectivity index (χ0v) is 11.9. The molecule has 0 saturated carbocycles. The lowest BCUT2D eigenvalue weighted by molar-refractivity contribution is -0.349. The van der Waals surface area contributed by atoms with E-state index in [4.69, 9.17) is 11.6 Å². The van der Waals surface area contributed by atoms with Crippen molar-refractivity contribution in [3.8, 4) is 0 Å². The molecular formula is C14H13ClFN2S+. The number of nitrogens with one attached hydrogen (secondary N) is 2. The number of para-hydroxylation sites is 1. The lowest BCUT2D eigenvalue weighted by atomic mass is 10.3. The van der Waals surface area contributed by atoms with Gasteiger partial charge < -0.3 is 0 Å². The molecule has 0 aliphatic heterocycles. The molecular weight excluding hydrogens is 283 g/mol. The van der Waals surface area contributed by atoms with E-state index in [0.717, 1.165) is 16.5 Å². The third-order valence-corrected chi connectivity index (χ3v) is 3.32. The Morgan fingerprint density at radius 1 is 1.21 bits per heavy atom. The minimum absolute atomic E-state index is 0.102. The summed E-state index contributed by atoms with van der Waals surface area (Å²) in [5, 5.41) is 4.11. The Kier molecular flexibility index (Phi) is 4.82. The van der Waals surface area contributed by atoms with Crippen LogP contribution in [0.3, 0.4) is 0 Å². The van der Waals surface area contributed by atoms with Crippen LogP contribution in [0.5, 0.6) is 0 Å². The minimum Gasteiger partial charge on any atom is -0.235 e. The van der Waals surface area contributed by atoms with Gasteiger partial charge in [0.1, 0.15) is 17.2 Å². The van der Waals surface area contributed by atoms with Crippen LogP contribution in [0.2, 0.25) is 5.02 Å². The number of amidine groups is 1. The average Bonchev–Trinajstić information content (AvgIpc) is 2.43. The van der Waals surface area contributed by atoms with Gasteiger partial charge in [0.05, 0.1) is 5.02 Å². The normalized spacial score (nSPS) is 11.4. The standard InChI is InChI=1S/C14H12ClFN2S/c1-19-14(17-10-5-3-2-4-6-10)18-11-7-8-13(16)12(15)9-11/h2-9H,1H3,(H,17,18)/p+1. The fourth-order valence-electron chi connectivity index (χ4n) is 1.49. The lowest BCUT2D eigenvalue weighted by Gasteiger charge is -2.01. The molecule has 19 heavy (non-hydrogen) atoms. The highest BCUT2D eigenvalue weighted by molar-refractivity contribution is 8.13. The van der Waals surface area contributed by atoms with Gasteiger partial charge in [0.15, 0.2) is 0 Å². The summed E-state index contributed by atoms with van der Waals surface area (Å²) in [6.07, 6.45) is 1.95. The quantitative estimate of drug-likeness (QED) is 0.658. The van der Waals surface area contributed by atoms with Crippen molar-refractivity contribution < 1.29 is 9.38 Å². The highest BCUT2D eigenvalue weighted by Gasteiger charge is 2.09. The summed E-state index contributed by atoms with van der Waals surface area (Å²) in [7, 11) is 0. The first kappa shape index (κ1) is 13.9. The Labute approximate surface area is 120 Å². The number of benzene rings is 2. The Morgan fingerprint density at radius 3 is 2.58 bits per heavy atom. The largest absolute Gasteiger partial charge is 0.313 e. The van der Waals surface area contributed by atoms with Gasteiger partial charge >= 0.3 is 5.17 Å². The summed E-state index contributed by atoms with van der Waals surface area (Å²) < 4.78 is 13.1. The molecule has 0 bridgehead atoms. The molecule has 0 atom stereocenters. The van der Waals surface area contributed by atoms with Crippen molar-refractivity contribution in [1.29, 1.82) is 0 Å². The fourth-order valence-corrected chi connectivity index (χ4v) is 2.11. The molecule has 2 rings (SSSR count). The highest BCUT2D eigenvalue weighted by Crippen LogP contribution is 2.19. The first-order valence-corrected chi connectivity index (χ1v) is 7.24. The maximum Gasteiger partial charge on any atom is 0.313 e. The van der Waals surface area contributed by atoms with E-state index in [1.807, 2.05) is 36.6 Å². The van der Waals surface area contributed by atoms with Crippen LogP contribution in [0.1, 0.15) is 0 Å². The first-order chi connectivity index (χ1) is 9.19. The zero-order chi connectivity index (χ0) is 13.7. The van der Waals surface area contributed by atoms with Crippen molar-refractivity contribution in [2.45, 2.75) is 0 Å². The maximum atomic E-state index is 13.1. The number of anilines is 1. The molecule has 0 spiro atoms. The Hall–Kier alpha value is -1.52. The molecule has 0 amide bonds. The molecule has 0 aliphatic rings. The van der Waals surface area contributed by atoms with Gasteiger partial charge in [-0.25, -0.2) is 14.7 Å². The average molecular weight is 296 g/mol. The number of hydrogen-bond acceptors (Lipinski definition) is 1. The zero-order valence-electron chi connectivity index (χ0n) is 10.3. The van der Waals surface area contributed by atoms with Crippen LogP contribution in [-0.4, -0.2) is 11.4 Å². The molecule has 5 heteroatoms. The summed E-state index contributed by atoms with van der Waals surface area (Å²) in [5.74, 6) is -0.422. The second-order valence-electron chi connectivity index (χ2n) is 3.78. The predicted molar refractivity (Wildman–Crippen MR) is 80.6 cm³/mol. The van der Waals surface area contributed by atoms with Crippen LogP contribution in [0.25, 0.3) is 0 Å². The predicted octanol–water partition coefficient (Wildman–Crippen LogP) is 3.02. The van der Waals surface area contributed by atoms with Crippen LogP contribution in [0, 0.1) is 5.82 Å². The van der Waals surface area contributed by atoms with Gasteiger partial charge in [-0.15, -0.1) is 0 Å². The molecule has 2 aromatic rings. The monoisotopic (exact) mass is 295 g/mol. The third-order valence-electron chi connectivity index (χ3n) is 2.41. The van der Waals surface area contributed by atoms with Crippen LogP contribution in [-0.2, 0) is 0 Å². The first-order valence-electron chi connectivity index (χ1n) is 5.64. The van der Waals surface area contributed by atoms with Crippen molar-refractivity contribution in [3.63, 3.8) is 0 Å². The van der Waals surface area contributed by atoms with Crippen molar-refractivity contribution in [2.75, 3.05) is 11.6 Å². The van der Waals surface area contributed by atoms with E-state index in [9.17, 15) is 4.39 Å². The molecule has 2 N–H and O–H groups in total. The van der Waals surface area contributed by atoms with Gasteiger partial charge in [0.25, 0.3) is 0 Å². The molecule has 2 nitrogen and oxygen atoms in total. The van der Waals surface area contributed by atoms with E-state index in [-0.39, 0.29) is 5.02 Å². The summed E-state index contributed by atoms with van der Waals surface area (Å²) >= 11 is 7.28. The van der Waals surface area contributed by atoms with Crippen molar-refractivity contribution in [3.05, 3.63) is 59.4 Å². The van der Waals surface area contributed by atoms with Gasteiger partial charge in [0.2, 0.25) is 0 Å². The smallest absolute Gasteiger partial charge is 0.235 e. The molecule has 0 aromatic heterocycles.